The molecule has 3 amide bonds. The summed E-state index contributed by atoms with van der Waals surface area (Å²) in [6, 6.07) is 23.0. The average Bonchev–Trinajstić information content (AvgIpc) is 3.35. The number of carboxylic acids is 1. The zero-order valence-electron chi connectivity index (χ0n) is 24.7. The van der Waals surface area contributed by atoms with Crippen LogP contribution in [0.15, 0.2) is 78.9 Å². The molecule has 1 N–H and O–H groups in total. The van der Waals surface area contributed by atoms with Crippen molar-refractivity contribution in [2.75, 3.05) is 11.4 Å². The van der Waals surface area contributed by atoms with E-state index < -0.39 is 29.7 Å². The summed E-state index contributed by atoms with van der Waals surface area (Å²) in [6.45, 7) is 5.46. The molecule has 0 bridgehead atoms. The first-order chi connectivity index (χ1) is 20.5. The third kappa shape index (κ3) is 6.88. The molecule has 9 nitrogen and oxygen atoms in total. The Labute approximate surface area is 251 Å². The van der Waals surface area contributed by atoms with Crippen LogP contribution in [0, 0.1) is 0 Å². The maximum atomic E-state index is 14.4. The Morgan fingerprint density at radius 1 is 0.860 bits per heavy atom. The Balaban J connectivity index is 1.45. The van der Waals surface area contributed by atoms with Gasteiger partial charge in [-0.15, -0.1) is 0 Å². The monoisotopic (exact) mass is 583 g/mol. The highest BCUT2D eigenvalue weighted by atomic mass is 16.6. The lowest BCUT2D eigenvalue weighted by Gasteiger charge is -2.38. The number of anilines is 1. The molecule has 0 saturated heterocycles. The summed E-state index contributed by atoms with van der Waals surface area (Å²) in [5.41, 5.74) is 3.48. The molecular formula is C34H37N3O6. The van der Waals surface area contributed by atoms with Gasteiger partial charge in [-0.05, 0) is 55.5 Å². The van der Waals surface area contributed by atoms with Gasteiger partial charge in [-0.25, -0.2) is 4.79 Å². The van der Waals surface area contributed by atoms with E-state index in [0.717, 1.165) is 22.3 Å². The smallest absolute Gasteiger partial charge is 0.415 e. The number of hydrogen-bond donors (Lipinski definition) is 1. The predicted octanol–water partition coefficient (Wildman–Crippen LogP) is 4.81. The van der Waals surface area contributed by atoms with Crippen LogP contribution in [-0.4, -0.2) is 63.0 Å². The number of para-hydroxylation sites is 1. The molecule has 0 unspecified atom stereocenters. The van der Waals surface area contributed by atoms with Crippen molar-refractivity contribution in [2.45, 2.75) is 70.8 Å². The standard InChI is InChI=1S/C34H37N3O6/c1-34(2,3)43-33(42)37-28-16-10-9-14-25(28)18-29(37)32(41)35(20-23-11-5-4-6-12-23)22-30(38)36-21-26-15-8-7-13-24(26)17-27(36)19-31(39)40/h4-16,27,29H,17-22H2,1-3H3,(H,39,40)/t27-,29-/m1/s1. The van der Waals surface area contributed by atoms with E-state index in [2.05, 4.69) is 0 Å². The fourth-order valence-electron chi connectivity index (χ4n) is 5.86. The number of rotatable bonds is 7. The van der Waals surface area contributed by atoms with Gasteiger partial charge in [0.2, 0.25) is 11.8 Å². The largest absolute Gasteiger partial charge is 0.481 e. The molecule has 2 aliphatic heterocycles. The fraction of sp³-hybridized carbons (Fsp3) is 0.353. The van der Waals surface area contributed by atoms with Crippen LogP contribution in [0.4, 0.5) is 10.5 Å². The number of nitrogens with zero attached hydrogens (tertiary/aromatic N) is 3. The van der Waals surface area contributed by atoms with Gasteiger partial charge in [0.1, 0.15) is 18.2 Å². The van der Waals surface area contributed by atoms with Crippen LogP contribution in [0.2, 0.25) is 0 Å². The van der Waals surface area contributed by atoms with Crippen LogP contribution < -0.4 is 4.90 Å². The summed E-state index contributed by atoms with van der Waals surface area (Å²) < 4.78 is 5.70. The highest BCUT2D eigenvalue weighted by Gasteiger charge is 2.43. The highest BCUT2D eigenvalue weighted by molar-refractivity contribution is 6.01. The molecule has 5 rings (SSSR count). The van der Waals surface area contributed by atoms with Crippen molar-refractivity contribution in [2.24, 2.45) is 0 Å². The topological polar surface area (TPSA) is 107 Å². The molecule has 43 heavy (non-hydrogen) atoms. The van der Waals surface area contributed by atoms with Gasteiger partial charge in [0, 0.05) is 25.6 Å². The number of carbonyl (C=O) groups is 4. The summed E-state index contributed by atoms with van der Waals surface area (Å²) in [4.78, 5) is 58.0. The Morgan fingerprint density at radius 3 is 2.16 bits per heavy atom. The number of fused-ring (bicyclic) bond motifs is 2. The Morgan fingerprint density at radius 2 is 1.49 bits per heavy atom. The van der Waals surface area contributed by atoms with Gasteiger partial charge in [0.05, 0.1) is 12.1 Å². The molecule has 2 heterocycles. The van der Waals surface area contributed by atoms with Crippen LogP contribution >= 0.6 is 0 Å². The minimum atomic E-state index is -0.990. The Kier molecular flexibility index (Phi) is 8.52. The molecule has 0 radical (unpaired) electrons. The molecule has 0 fully saturated rings. The minimum Gasteiger partial charge on any atom is -0.481 e. The first kappa shape index (κ1) is 29.8. The molecule has 2 aliphatic rings. The molecular weight excluding hydrogens is 546 g/mol. The van der Waals surface area contributed by atoms with Gasteiger partial charge in [-0.1, -0.05) is 72.8 Å². The van der Waals surface area contributed by atoms with E-state index in [4.69, 9.17) is 4.74 Å². The number of hydrogen-bond acceptors (Lipinski definition) is 5. The molecule has 3 aromatic carbocycles. The molecule has 0 saturated carbocycles. The van der Waals surface area contributed by atoms with Crippen LogP contribution in [0.1, 0.15) is 49.4 Å². The lowest BCUT2D eigenvalue weighted by molar-refractivity contribution is -0.146. The number of ether oxygens (including phenoxy) is 1. The molecule has 0 spiro atoms. The van der Waals surface area contributed by atoms with Crippen molar-refractivity contribution < 1.29 is 29.0 Å². The summed E-state index contributed by atoms with van der Waals surface area (Å²) in [5, 5.41) is 9.62. The number of benzene rings is 3. The van der Waals surface area contributed by atoms with Gasteiger partial charge in [0.25, 0.3) is 0 Å². The van der Waals surface area contributed by atoms with Crippen LogP contribution in [0.25, 0.3) is 0 Å². The first-order valence-corrected chi connectivity index (χ1v) is 14.5. The fourth-order valence-corrected chi connectivity index (χ4v) is 5.86. The molecule has 224 valence electrons. The van der Waals surface area contributed by atoms with Gasteiger partial charge in [0.15, 0.2) is 0 Å². The van der Waals surface area contributed by atoms with E-state index in [1.807, 2.05) is 72.8 Å². The summed E-state index contributed by atoms with van der Waals surface area (Å²) in [5.74, 6) is -1.72. The normalized spacial score (nSPS) is 17.6. The molecule has 0 aliphatic carbocycles. The van der Waals surface area contributed by atoms with Crippen molar-refractivity contribution in [3.8, 4) is 0 Å². The van der Waals surface area contributed by atoms with Crippen molar-refractivity contribution >= 4 is 29.6 Å². The highest BCUT2D eigenvalue weighted by Crippen LogP contribution is 2.35. The zero-order chi connectivity index (χ0) is 30.7. The van der Waals surface area contributed by atoms with Crippen LogP contribution in [0.3, 0.4) is 0 Å². The number of carboxylic acid groups (broad SMARTS) is 1. The number of amides is 3. The lowest BCUT2D eigenvalue weighted by atomic mass is 9.92. The van der Waals surface area contributed by atoms with E-state index in [1.165, 1.54) is 9.80 Å². The van der Waals surface area contributed by atoms with Crippen molar-refractivity contribution in [1.82, 2.24) is 9.80 Å². The summed E-state index contributed by atoms with van der Waals surface area (Å²) in [6.07, 6.45) is -0.120. The second-order valence-corrected chi connectivity index (χ2v) is 12.1. The van der Waals surface area contributed by atoms with Gasteiger partial charge >= 0.3 is 12.1 Å². The maximum Gasteiger partial charge on any atom is 0.415 e. The van der Waals surface area contributed by atoms with Crippen LogP contribution in [-0.2, 0) is 45.1 Å². The molecule has 3 aromatic rings. The van der Waals surface area contributed by atoms with Crippen molar-refractivity contribution in [3.63, 3.8) is 0 Å². The number of aliphatic carboxylic acids is 1. The minimum absolute atomic E-state index is 0.147. The Bertz CT molecular complexity index is 1520. The van der Waals surface area contributed by atoms with E-state index in [-0.39, 0.29) is 44.3 Å². The predicted molar refractivity (Wildman–Crippen MR) is 161 cm³/mol. The lowest BCUT2D eigenvalue weighted by Crippen LogP contribution is -2.54. The van der Waals surface area contributed by atoms with Gasteiger partial charge in [-0.2, -0.15) is 0 Å². The quantitative estimate of drug-likeness (QED) is 0.428. The summed E-state index contributed by atoms with van der Waals surface area (Å²) in [7, 11) is 0. The summed E-state index contributed by atoms with van der Waals surface area (Å²) >= 11 is 0. The third-order valence-corrected chi connectivity index (χ3v) is 7.79. The maximum absolute atomic E-state index is 14.4. The number of carbonyl (C=O) groups excluding carboxylic acids is 3. The van der Waals surface area contributed by atoms with E-state index in [0.29, 0.717) is 12.1 Å². The molecule has 2 atom stereocenters. The first-order valence-electron chi connectivity index (χ1n) is 14.5. The van der Waals surface area contributed by atoms with Crippen molar-refractivity contribution in [1.29, 1.82) is 0 Å². The second kappa shape index (κ2) is 12.3. The average molecular weight is 584 g/mol. The molecule has 0 aromatic heterocycles. The SMILES string of the molecule is CC(C)(C)OC(=O)N1c2ccccc2C[C@@H]1C(=O)N(CC(=O)N1Cc2ccccc2C[C@@H]1CC(=O)O)Cc1ccccc1. The van der Waals surface area contributed by atoms with Gasteiger partial charge < -0.3 is 19.6 Å². The van der Waals surface area contributed by atoms with E-state index in [1.54, 1.807) is 31.7 Å². The Hall–Kier alpha value is -4.66. The van der Waals surface area contributed by atoms with E-state index in [9.17, 15) is 24.3 Å². The van der Waals surface area contributed by atoms with Gasteiger partial charge in [-0.3, -0.25) is 19.3 Å². The van der Waals surface area contributed by atoms with Crippen molar-refractivity contribution in [3.05, 3.63) is 101 Å². The van der Waals surface area contributed by atoms with Crippen LogP contribution in [0.5, 0.6) is 0 Å². The third-order valence-electron chi connectivity index (χ3n) is 7.79. The van der Waals surface area contributed by atoms with E-state index >= 15 is 0 Å². The molecule has 9 heteroatoms. The zero-order valence-corrected chi connectivity index (χ0v) is 24.7. The second-order valence-electron chi connectivity index (χ2n) is 12.1.